The Morgan fingerprint density at radius 2 is 1.95 bits per heavy atom. The maximum absolute atomic E-state index is 12.0. The van der Waals surface area contributed by atoms with E-state index in [1.54, 1.807) is 31.4 Å². The Bertz CT molecular complexity index is 590. The van der Waals surface area contributed by atoms with E-state index in [-0.39, 0.29) is 18.1 Å². The van der Waals surface area contributed by atoms with Gasteiger partial charge in [0.2, 0.25) is 11.8 Å². The first-order valence-corrected chi connectivity index (χ1v) is 5.99. The van der Waals surface area contributed by atoms with Crippen molar-refractivity contribution in [1.82, 2.24) is 10.2 Å². The van der Waals surface area contributed by atoms with Crippen LogP contribution < -0.4 is 10.1 Å². The molecule has 1 saturated heterocycles. The summed E-state index contributed by atoms with van der Waals surface area (Å²) in [5.74, 6) is -0.658. The standard InChI is InChI=1S/C14H14N2O4/c1-9(17)16-8-13(18)15-12(14(16)19)7-10-3-5-11(20-2)6-4-10/h3-7H,8H2,1-2H3,(H,15,18)/b12-7+. The number of hydrogen-bond acceptors (Lipinski definition) is 4. The van der Waals surface area contributed by atoms with Gasteiger partial charge in [0.25, 0.3) is 5.91 Å². The van der Waals surface area contributed by atoms with Crippen LogP contribution in [0.3, 0.4) is 0 Å². The van der Waals surface area contributed by atoms with Crippen molar-refractivity contribution in [3.8, 4) is 5.75 Å². The van der Waals surface area contributed by atoms with E-state index in [0.717, 1.165) is 10.5 Å². The van der Waals surface area contributed by atoms with Crippen LogP contribution in [0.5, 0.6) is 5.75 Å². The highest BCUT2D eigenvalue weighted by atomic mass is 16.5. The summed E-state index contributed by atoms with van der Waals surface area (Å²) in [6, 6.07) is 6.98. The number of benzene rings is 1. The van der Waals surface area contributed by atoms with E-state index in [2.05, 4.69) is 5.32 Å². The van der Waals surface area contributed by atoms with Crippen LogP contribution in [0, 0.1) is 0 Å². The van der Waals surface area contributed by atoms with Gasteiger partial charge in [-0.3, -0.25) is 19.3 Å². The molecule has 6 nitrogen and oxygen atoms in total. The van der Waals surface area contributed by atoms with Gasteiger partial charge in [-0.2, -0.15) is 0 Å². The first-order valence-electron chi connectivity index (χ1n) is 5.99. The Hall–Kier alpha value is -2.63. The molecule has 1 fully saturated rings. The van der Waals surface area contributed by atoms with E-state index in [1.165, 1.54) is 13.0 Å². The molecule has 0 aliphatic carbocycles. The van der Waals surface area contributed by atoms with Gasteiger partial charge >= 0.3 is 0 Å². The lowest BCUT2D eigenvalue weighted by Crippen LogP contribution is -2.51. The minimum atomic E-state index is -0.507. The lowest BCUT2D eigenvalue weighted by molar-refractivity contribution is -0.147. The van der Waals surface area contributed by atoms with Crippen molar-refractivity contribution in [3.05, 3.63) is 35.5 Å². The molecule has 104 valence electrons. The third kappa shape index (κ3) is 2.85. The summed E-state index contributed by atoms with van der Waals surface area (Å²) < 4.78 is 5.04. The molecule has 0 saturated carbocycles. The zero-order valence-corrected chi connectivity index (χ0v) is 11.2. The minimum Gasteiger partial charge on any atom is -0.497 e. The molecular weight excluding hydrogens is 260 g/mol. The number of carbonyl (C=O) groups is 3. The number of nitrogens with zero attached hydrogens (tertiary/aromatic N) is 1. The molecule has 0 aromatic heterocycles. The summed E-state index contributed by atoms with van der Waals surface area (Å²) >= 11 is 0. The molecule has 1 heterocycles. The largest absolute Gasteiger partial charge is 0.497 e. The summed E-state index contributed by atoms with van der Waals surface area (Å²) in [6.07, 6.45) is 1.52. The maximum atomic E-state index is 12.0. The van der Waals surface area contributed by atoms with Gasteiger partial charge in [-0.05, 0) is 23.8 Å². The predicted molar refractivity (Wildman–Crippen MR) is 71.5 cm³/mol. The summed E-state index contributed by atoms with van der Waals surface area (Å²) in [4.78, 5) is 35.8. The van der Waals surface area contributed by atoms with Crippen LogP contribution in [-0.4, -0.2) is 36.3 Å². The fourth-order valence-electron chi connectivity index (χ4n) is 1.82. The van der Waals surface area contributed by atoms with Crippen LogP contribution in [-0.2, 0) is 14.4 Å². The molecule has 0 bridgehead atoms. The molecule has 0 radical (unpaired) electrons. The molecule has 0 unspecified atom stereocenters. The quantitative estimate of drug-likeness (QED) is 0.799. The lowest BCUT2D eigenvalue weighted by atomic mass is 10.1. The van der Waals surface area contributed by atoms with Crippen molar-refractivity contribution in [2.45, 2.75) is 6.92 Å². The van der Waals surface area contributed by atoms with Gasteiger partial charge < -0.3 is 10.1 Å². The van der Waals surface area contributed by atoms with Crippen LogP contribution in [0.1, 0.15) is 12.5 Å². The van der Waals surface area contributed by atoms with Crippen molar-refractivity contribution < 1.29 is 19.1 Å². The van der Waals surface area contributed by atoms with Gasteiger partial charge in [-0.15, -0.1) is 0 Å². The molecule has 20 heavy (non-hydrogen) atoms. The molecule has 3 amide bonds. The van der Waals surface area contributed by atoms with Crippen molar-refractivity contribution in [2.24, 2.45) is 0 Å². The van der Waals surface area contributed by atoms with Crippen molar-refractivity contribution >= 4 is 23.8 Å². The normalized spacial score (nSPS) is 17.1. The number of imide groups is 1. The molecule has 6 heteroatoms. The van der Waals surface area contributed by atoms with Gasteiger partial charge in [0.15, 0.2) is 0 Å². The summed E-state index contributed by atoms with van der Waals surface area (Å²) in [5, 5.41) is 2.48. The molecular formula is C14H14N2O4. The van der Waals surface area contributed by atoms with E-state index >= 15 is 0 Å². The Morgan fingerprint density at radius 3 is 2.50 bits per heavy atom. The van der Waals surface area contributed by atoms with Gasteiger partial charge in [-0.25, -0.2) is 0 Å². The van der Waals surface area contributed by atoms with E-state index in [4.69, 9.17) is 4.74 Å². The van der Waals surface area contributed by atoms with Gasteiger partial charge in [0.05, 0.1) is 7.11 Å². The first kappa shape index (κ1) is 13.8. The molecule has 1 aliphatic heterocycles. The SMILES string of the molecule is COc1ccc(/C=C2/NC(=O)CN(C(C)=O)C2=O)cc1. The minimum absolute atomic E-state index is 0.0848. The monoisotopic (exact) mass is 274 g/mol. The van der Waals surface area contributed by atoms with Crippen LogP contribution in [0.15, 0.2) is 30.0 Å². The highest BCUT2D eigenvalue weighted by molar-refractivity contribution is 6.12. The Kier molecular flexibility index (Phi) is 3.84. The van der Waals surface area contributed by atoms with Crippen LogP contribution in [0.4, 0.5) is 0 Å². The smallest absolute Gasteiger partial charge is 0.277 e. The van der Waals surface area contributed by atoms with Gasteiger partial charge in [-0.1, -0.05) is 12.1 Å². The summed E-state index contributed by atoms with van der Waals surface area (Å²) in [5.41, 5.74) is 0.807. The second-order valence-corrected chi connectivity index (χ2v) is 4.29. The molecule has 0 atom stereocenters. The number of amides is 3. The van der Waals surface area contributed by atoms with E-state index in [1.807, 2.05) is 0 Å². The average molecular weight is 274 g/mol. The van der Waals surface area contributed by atoms with Crippen molar-refractivity contribution in [2.75, 3.05) is 13.7 Å². The number of nitrogens with one attached hydrogen (secondary N) is 1. The molecule has 0 spiro atoms. The number of ether oxygens (including phenoxy) is 1. The number of carbonyl (C=O) groups excluding carboxylic acids is 3. The zero-order chi connectivity index (χ0) is 14.7. The third-order valence-corrected chi connectivity index (χ3v) is 2.86. The number of piperazine rings is 1. The molecule has 2 rings (SSSR count). The van der Waals surface area contributed by atoms with Crippen LogP contribution in [0.2, 0.25) is 0 Å². The van der Waals surface area contributed by atoms with Crippen molar-refractivity contribution in [3.63, 3.8) is 0 Å². The molecule has 1 aliphatic rings. The Morgan fingerprint density at radius 1 is 1.30 bits per heavy atom. The number of rotatable bonds is 2. The second-order valence-electron chi connectivity index (χ2n) is 4.29. The highest BCUT2D eigenvalue weighted by Gasteiger charge is 2.30. The summed E-state index contributed by atoms with van der Waals surface area (Å²) in [7, 11) is 1.56. The van der Waals surface area contributed by atoms with Crippen LogP contribution >= 0.6 is 0 Å². The predicted octanol–water partition coefficient (Wildman–Crippen LogP) is 0.541. The van der Waals surface area contributed by atoms with Gasteiger partial charge in [0, 0.05) is 6.92 Å². The molecule has 1 aromatic carbocycles. The van der Waals surface area contributed by atoms with E-state index < -0.39 is 11.8 Å². The zero-order valence-electron chi connectivity index (χ0n) is 11.2. The highest BCUT2D eigenvalue weighted by Crippen LogP contribution is 2.15. The Balaban J connectivity index is 2.28. The lowest BCUT2D eigenvalue weighted by Gasteiger charge is -2.25. The van der Waals surface area contributed by atoms with Crippen molar-refractivity contribution in [1.29, 1.82) is 0 Å². The Labute approximate surface area is 116 Å². The first-order chi connectivity index (χ1) is 9.51. The number of methoxy groups -OCH3 is 1. The fraction of sp³-hybridized carbons (Fsp3) is 0.214. The maximum Gasteiger partial charge on any atom is 0.277 e. The number of hydrogen-bond donors (Lipinski definition) is 1. The van der Waals surface area contributed by atoms with Crippen LogP contribution in [0.25, 0.3) is 6.08 Å². The fourth-order valence-corrected chi connectivity index (χ4v) is 1.82. The van der Waals surface area contributed by atoms with Gasteiger partial charge in [0.1, 0.15) is 18.0 Å². The third-order valence-electron chi connectivity index (χ3n) is 2.86. The van der Waals surface area contributed by atoms with E-state index in [0.29, 0.717) is 5.75 Å². The molecule has 1 N–H and O–H groups in total. The summed E-state index contributed by atoms with van der Waals surface area (Å²) in [6.45, 7) is 1.01. The topological polar surface area (TPSA) is 75.7 Å². The second kappa shape index (κ2) is 5.56. The van der Waals surface area contributed by atoms with E-state index in [9.17, 15) is 14.4 Å². The average Bonchev–Trinajstić information content (AvgIpc) is 2.43. The molecule has 1 aromatic rings.